The van der Waals surface area contributed by atoms with Crippen LogP contribution in [0.2, 0.25) is 0 Å². The Labute approximate surface area is 114 Å². The van der Waals surface area contributed by atoms with Crippen molar-refractivity contribution in [3.8, 4) is 0 Å². The molecule has 0 saturated heterocycles. The van der Waals surface area contributed by atoms with Crippen molar-refractivity contribution in [1.29, 1.82) is 0 Å². The van der Waals surface area contributed by atoms with E-state index in [2.05, 4.69) is 29.4 Å². The van der Waals surface area contributed by atoms with Crippen molar-refractivity contribution in [3.63, 3.8) is 0 Å². The number of nitrogens with zero attached hydrogens (tertiary/aromatic N) is 1. The van der Waals surface area contributed by atoms with Gasteiger partial charge in [-0.1, -0.05) is 36.4 Å². The van der Waals surface area contributed by atoms with Crippen LogP contribution in [0.25, 0.3) is 0 Å². The van der Waals surface area contributed by atoms with Crippen molar-refractivity contribution in [2.45, 2.75) is 25.4 Å². The van der Waals surface area contributed by atoms with E-state index in [0.29, 0.717) is 6.42 Å². The van der Waals surface area contributed by atoms with Crippen LogP contribution in [0.15, 0.2) is 54.7 Å². The number of pyridine rings is 1. The number of aliphatic hydroxyl groups is 1. The zero-order valence-corrected chi connectivity index (χ0v) is 11.2. The maximum Gasteiger partial charge on any atom is 0.0570 e. The molecule has 2 rings (SSSR count). The van der Waals surface area contributed by atoms with Gasteiger partial charge in [-0.2, -0.15) is 0 Å². The standard InChI is InChI=1S/C16H20N2O/c1-13(15-9-5-6-11-17-15)18-16(10-12-19)14-7-3-2-4-8-14/h2-9,11,13,16,18-19H,10,12H2,1H3/t13?,16-/m1/s1. The second-order valence-corrected chi connectivity index (χ2v) is 4.62. The first-order valence-electron chi connectivity index (χ1n) is 6.64. The van der Waals surface area contributed by atoms with Crippen molar-refractivity contribution in [3.05, 3.63) is 66.0 Å². The van der Waals surface area contributed by atoms with E-state index < -0.39 is 0 Å². The van der Waals surface area contributed by atoms with E-state index in [4.69, 9.17) is 0 Å². The molecule has 2 atom stereocenters. The highest BCUT2D eigenvalue weighted by molar-refractivity contribution is 5.19. The number of hydrogen-bond acceptors (Lipinski definition) is 3. The fourth-order valence-corrected chi connectivity index (χ4v) is 2.18. The van der Waals surface area contributed by atoms with Gasteiger partial charge in [0.05, 0.1) is 5.69 Å². The summed E-state index contributed by atoms with van der Waals surface area (Å²) in [5, 5.41) is 12.8. The summed E-state index contributed by atoms with van der Waals surface area (Å²) in [5.41, 5.74) is 2.21. The molecule has 2 N–H and O–H groups in total. The summed E-state index contributed by atoms with van der Waals surface area (Å²) < 4.78 is 0. The van der Waals surface area contributed by atoms with E-state index in [1.54, 1.807) is 6.20 Å². The van der Waals surface area contributed by atoms with Gasteiger partial charge in [-0.15, -0.1) is 0 Å². The molecular weight excluding hydrogens is 236 g/mol. The molecule has 1 aromatic carbocycles. The van der Waals surface area contributed by atoms with Crippen LogP contribution in [0.4, 0.5) is 0 Å². The Hall–Kier alpha value is -1.71. The Morgan fingerprint density at radius 1 is 1.11 bits per heavy atom. The van der Waals surface area contributed by atoms with Crippen molar-refractivity contribution in [2.75, 3.05) is 6.61 Å². The molecule has 1 heterocycles. The van der Waals surface area contributed by atoms with Crippen molar-refractivity contribution in [2.24, 2.45) is 0 Å². The van der Waals surface area contributed by atoms with Crippen LogP contribution in [-0.2, 0) is 0 Å². The van der Waals surface area contributed by atoms with Gasteiger partial charge in [0.1, 0.15) is 0 Å². The van der Waals surface area contributed by atoms with Gasteiger partial charge < -0.3 is 10.4 Å². The van der Waals surface area contributed by atoms with Gasteiger partial charge in [0.2, 0.25) is 0 Å². The molecule has 3 heteroatoms. The first-order valence-corrected chi connectivity index (χ1v) is 6.64. The number of rotatable bonds is 6. The molecule has 0 fully saturated rings. The van der Waals surface area contributed by atoms with E-state index >= 15 is 0 Å². The summed E-state index contributed by atoms with van der Waals surface area (Å²) in [6.45, 7) is 2.26. The monoisotopic (exact) mass is 256 g/mol. The molecule has 0 aliphatic carbocycles. The lowest BCUT2D eigenvalue weighted by atomic mass is 10.0. The first-order chi connectivity index (χ1) is 9.31. The third kappa shape index (κ3) is 3.88. The third-order valence-electron chi connectivity index (χ3n) is 3.20. The minimum Gasteiger partial charge on any atom is -0.396 e. The van der Waals surface area contributed by atoms with Crippen LogP contribution in [0.3, 0.4) is 0 Å². The van der Waals surface area contributed by atoms with Gasteiger partial charge >= 0.3 is 0 Å². The molecule has 0 amide bonds. The predicted molar refractivity (Wildman–Crippen MR) is 76.7 cm³/mol. The van der Waals surface area contributed by atoms with Gasteiger partial charge in [0.15, 0.2) is 0 Å². The molecule has 100 valence electrons. The van der Waals surface area contributed by atoms with E-state index in [-0.39, 0.29) is 18.7 Å². The van der Waals surface area contributed by atoms with Crippen LogP contribution in [0.5, 0.6) is 0 Å². The van der Waals surface area contributed by atoms with E-state index in [1.165, 1.54) is 5.56 Å². The van der Waals surface area contributed by atoms with Crippen LogP contribution >= 0.6 is 0 Å². The van der Waals surface area contributed by atoms with Gasteiger partial charge in [0, 0.05) is 24.9 Å². The maximum absolute atomic E-state index is 9.23. The molecule has 3 nitrogen and oxygen atoms in total. The van der Waals surface area contributed by atoms with Crippen molar-refractivity contribution < 1.29 is 5.11 Å². The topological polar surface area (TPSA) is 45.1 Å². The number of benzene rings is 1. The quantitative estimate of drug-likeness (QED) is 0.835. The van der Waals surface area contributed by atoms with E-state index in [9.17, 15) is 5.11 Å². The van der Waals surface area contributed by atoms with Crippen LogP contribution in [0.1, 0.15) is 36.7 Å². The minimum atomic E-state index is 0.142. The molecule has 0 aliphatic rings. The number of nitrogens with one attached hydrogen (secondary N) is 1. The van der Waals surface area contributed by atoms with E-state index in [1.807, 2.05) is 36.4 Å². The van der Waals surface area contributed by atoms with Crippen LogP contribution < -0.4 is 5.32 Å². The Morgan fingerprint density at radius 3 is 2.47 bits per heavy atom. The average Bonchev–Trinajstić information content (AvgIpc) is 2.48. The molecule has 0 radical (unpaired) electrons. The highest BCUT2D eigenvalue weighted by atomic mass is 16.3. The molecule has 2 aromatic rings. The fraction of sp³-hybridized carbons (Fsp3) is 0.312. The molecular formula is C16H20N2O. The van der Waals surface area contributed by atoms with Gasteiger partial charge in [-0.05, 0) is 31.0 Å². The Balaban J connectivity index is 2.09. The molecule has 0 spiro atoms. The van der Waals surface area contributed by atoms with Crippen molar-refractivity contribution >= 4 is 0 Å². The Kier molecular flexibility index (Phi) is 5.07. The lowest BCUT2D eigenvalue weighted by molar-refractivity contribution is 0.260. The average molecular weight is 256 g/mol. The SMILES string of the molecule is CC(N[C@H](CCO)c1ccccc1)c1ccccn1. The number of hydrogen-bond donors (Lipinski definition) is 2. The summed E-state index contributed by atoms with van der Waals surface area (Å²) in [4.78, 5) is 4.36. The Morgan fingerprint density at radius 2 is 1.84 bits per heavy atom. The molecule has 0 saturated carbocycles. The highest BCUT2D eigenvalue weighted by Crippen LogP contribution is 2.20. The van der Waals surface area contributed by atoms with Crippen molar-refractivity contribution in [1.82, 2.24) is 10.3 Å². The van der Waals surface area contributed by atoms with E-state index in [0.717, 1.165) is 5.69 Å². The molecule has 19 heavy (non-hydrogen) atoms. The van der Waals surface area contributed by atoms with Crippen LogP contribution in [-0.4, -0.2) is 16.7 Å². The fourth-order valence-electron chi connectivity index (χ4n) is 2.18. The highest BCUT2D eigenvalue weighted by Gasteiger charge is 2.15. The van der Waals surface area contributed by atoms with Crippen LogP contribution in [0, 0.1) is 0 Å². The smallest absolute Gasteiger partial charge is 0.0570 e. The number of aromatic nitrogens is 1. The second-order valence-electron chi connectivity index (χ2n) is 4.62. The maximum atomic E-state index is 9.23. The van der Waals surface area contributed by atoms with Gasteiger partial charge in [-0.25, -0.2) is 0 Å². The van der Waals surface area contributed by atoms with Gasteiger partial charge in [0.25, 0.3) is 0 Å². The molecule has 0 aliphatic heterocycles. The molecule has 1 unspecified atom stereocenters. The molecule has 1 aromatic heterocycles. The Bertz CT molecular complexity index is 473. The lowest BCUT2D eigenvalue weighted by Crippen LogP contribution is -2.26. The summed E-state index contributed by atoms with van der Waals surface area (Å²) in [6.07, 6.45) is 2.50. The zero-order chi connectivity index (χ0) is 13.5. The lowest BCUT2D eigenvalue weighted by Gasteiger charge is -2.23. The summed E-state index contributed by atoms with van der Waals surface area (Å²) in [5.74, 6) is 0. The summed E-state index contributed by atoms with van der Waals surface area (Å²) in [7, 11) is 0. The predicted octanol–water partition coefficient (Wildman–Crippen LogP) is 2.86. The normalized spacial score (nSPS) is 14.0. The summed E-state index contributed by atoms with van der Waals surface area (Å²) in [6, 6.07) is 16.4. The zero-order valence-electron chi connectivity index (χ0n) is 11.2. The minimum absolute atomic E-state index is 0.142. The third-order valence-corrected chi connectivity index (χ3v) is 3.20. The molecule has 0 bridgehead atoms. The summed E-state index contributed by atoms with van der Waals surface area (Å²) >= 11 is 0. The largest absolute Gasteiger partial charge is 0.396 e. The second kappa shape index (κ2) is 7.02. The number of aliphatic hydroxyl groups excluding tert-OH is 1. The van der Waals surface area contributed by atoms with Gasteiger partial charge in [-0.3, -0.25) is 4.98 Å². The first kappa shape index (κ1) is 13.7.